The van der Waals surface area contributed by atoms with Gasteiger partial charge in [0.15, 0.2) is 0 Å². The number of amides is 2. The van der Waals surface area contributed by atoms with Gasteiger partial charge >= 0.3 is 0 Å². The predicted octanol–water partition coefficient (Wildman–Crippen LogP) is -0.123. The molecule has 0 aliphatic carbocycles. The molecule has 1 heterocycles. The molecule has 1 aliphatic heterocycles. The highest BCUT2D eigenvalue weighted by molar-refractivity contribution is 7.89. The second kappa shape index (κ2) is 7.99. The number of rotatable bonds is 5. The summed E-state index contributed by atoms with van der Waals surface area (Å²) < 4.78 is 22.4. The number of primary amides is 1. The van der Waals surface area contributed by atoms with Gasteiger partial charge in [-0.2, -0.15) is 5.26 Å². The maximum atomic E-state index is 12.2. The molecule has 0 atom stereocenters. The number of hydrogen-bond donors (Lipinski definition) is 3. The van der Waals surface area contributed by atoms with Crippen LogP contribution in [0.1, 0.15) is 12.8 Å². The van der Waals surface area contributed by atoms with E-state index >= 15 is 0 Å². The molecule has 1 aromatic carbocycles. The van der Waals surface area contributed by atoms with Crippen molar-refractivity contribution in [3.63, 3.8) is 0 Å². The number of sulfonamides is 1. The fraction of sp³-hybridized carbons (Fsp3) is 0.312. The van der Waals surface area contributed by atoms with Gasteiger partial charge in [-0.1, -0.05) is 0 Å². The molecule has 1 aliphatic rings. The summed E-state index contributed by atoms with van der Waals surface area (Å²) in [5.74, 6) is -1.14. The van der Waals surface area contributed by atoms with Crippen LogP contribution in [-0.4, -0.2) is 38.2 Å². The number of nitrogens with two attached hydrogens (primary N) is 2. The number of nitriles is 1. The molecular formula is C16H19N5O4S. The van der Waals surface area contributed by atoms with E-state index in [1.807, 2.05) is 6.07 Å². The first-order valence-electron chi connectivity index (χ1n) is 7.80. The number of nitrogens with zero attached hydrogens (tertiary/aromatic N) is 2. The zero-order valence-corrected chi connectivity index (χ0v) is 14.7. The van der Waals surface area contributed by atoms with E-state index in [9.17, 15) is 23.3 Å². The Labute approximate surface area is 151 Å². The summed E-state index contributed by atoms with van der Waals surface area (Å²) >= 11 is 0. The molecular weight excluding hydrogens is 358 g/mol. The SMILES string of the molecule is N#C/C(=C/N1CCC(C(N)=O)CC1)C(=O)Nc1ccc(S(N)(=O)=O)cc1. The van der Waals surface area contributed by atoms with Crippen molar-refractivity contribution in [1.29, 1.82) is 5.26 Å². The Morgan fingerprint density at radius 1 is 1.23 bits per heavy atom. The van der Waals surface area contributed by atoms with Crippen molar-refractivity contribution in [2.45, 2.75) is 17.7 Å². The van der Waals surface area contributed by atoms with Gasteiger partial charge in [0.25, 0.3) is 5.91 Å². The molecule has 26 heavy (non-hydrogen) atoms. The third kappa shape index (κ3) is 5.05. The second-order valence-corrected chi connectivity index (χ2v) is 7.45. The lowest BCUT2D eigenvalue weighted by Gasteiger charge is -2.29. The van der Waals surface area contributed by atoms with Crippen molar-refractivity contribution >= 4 is 27.5 Å². The number of carbonyl (C=O) groups excluding carboxylic acids is 2. The van der Waals surface area contributed by atoms with Crippen LogP contribution in [0.15, 0.2) is 40.9 Å². The van der Waals surface area contributed by atoms with E-state index in [1.165, 1.54) is 30.5 Å². The van der Waals surface area contributed by atoms with Crippen LogP contribution < -0.4 is 16.2 Å². The summed E-state index contributed by atoms with van der Waals surface area (Å²) in [5, 5.41) is 16.8. The van der Waals surface area contributed by atoms with E-state index in [0.29, 0.717) is 31.6 Å². The Hall–Kier alpha value is -2.90. The molecule has 0 bridgehead atoms. The number of benzene rings is 1. The summed E-state index contributed by atoms with van der Waals surface area (Å²) in [6.07, 6.45) is 2.59. The zero-order chi connectivity index (χ0) is 19.3. The molecule has 2 amide bonds. The Kier molecular flexibility index (Phi) is 5.97. The lowest BCUT2D eigenvalue weighted by molar-refractivity contribution is -0.123. The lowest BCUT2D eigenvalue weighted by Crippen LogP contribution is -2.36. The monoisotopic (exact) mass is 377 g/mol. The predicted molar refractivity (Wildman–Crippen MR) is 93.6 cm³/mol. The van der Waals surface area contributed by atoms with Gasteiger partial charge in [-0.05, 0) is 37.1 Å². The zero-order valence-electron chi connectivity index (χ0n) is 13.9. The minimum absolute atomic E-state index is 0.0798. The van der Waals surface area contributed by atoms with Crippen LogP contribution in [0.4, 0.5) is 5.69 Å². The molecule has 0 saturated carbocycles. The maximum absolute atomic E-state index is 12.2. The van der Waals surface area contributed by atoms with Crippen molar-refractivity contribution in [1.82, 2.24) is 4.90 Å². The van der Waals surface area contributed by atoms with Crippen molar-refractivity contribution in [2.75, 3.05) is 18.4 Å². The highest BCUT2D eigenvalue weighted by Gasteiger charge is 2.22. The molecule has 2 rings (SSSR count). The summed E-state index contributed by atoms with van der Waals surface area (Å²) in [4.78, 5) is 25.1. The van der Waals surface area contributed by atoms with Crippen LogP contribution in [-0.2, 0) is 19.6 Å². The van der Waals surface area contributed by atoms with Gasteiger partial charge in [-0.25, -0.2) is 13.6 Å². The van der Waals surface area contributed by atoms with Crippen molar-refractivity contribution in [3.05, 3.63) is 36.0 Å². The van der Waals surface area contributed by atoms with Crippen LogP contribution in [0, 0.1) is 17.2 Å². The van der Waals surface area contributed by atoms with E-state index in [0.717, 1.165) is 0 Å². The number of hydrogen-bond acceptors (Lipinski definition) is 6. The molecule has 0 spiro atoms. The highest BCUT2D eigenvalue weighted by Crippen LogP contribution is 2.18. The molecule has 1 aromatic rings. The topological polar surface area (TPSA) is 159 Å². The smallest absolute Gasteiger partial charge is 0.267 e. The number of anilines is 1. The normalized spacial score (nSPS) is 16.0. The number of piperidine rings is 1. The van der Waals surface area contributed by atoms with Crippen LogP contribution in [0.2, 0.25) is 0 Å². The number of carbonyl (C=O) groups is 2. The first kappa shape index (κ1) is 19.4. The van der Waals surface area contributed by atoms with Crippen LogP contribution in [0.25, 0.3) is 0 Å². The first-order valence-corrected chi connectivity index (χ1v) is 9.35. The fourth-order valence-electron chi connectivity index (χ4n) is 2.56. The first-order chi connectivity index (χ1) is 12.2. The van der Waals surface area contributed by atoms with Gasteiger partial charge in [0.1, 0.15) is 11.6 Å². The second-order valence-electron chi connectivity index (χ2n) is 5.89. The summed E-state index contributed by atoms with van der Waals surface area (Å²) in [6.45, 7) is 1.05. The Balaban J connectivity index is 2.03. The lowest BCUT2D eigenvalue weighted by atomic mass is 9.96. The molecule has 1 saturated heterocycles. The molecule has 5 N–H and O–H groups in total. The highest BCUT2D eigenvalue weighted by atomic mass is 32.2. The van der Waals surface area contributed by atoms with Crippen LogP contribution >= 0.6 is 0 Å². The van der Waals surface area contributed by atoms with Crippen molar-refractivity contribution in [2.24, 2.45) is 16.8 Å². The maximum Gasteiger partial charge on any atom is 0.267 e. The van der Waals surface area contributed by atoms with Crippen LogP contribution in [0.5, 0.6) is 0 Å². The summed E-state index contributed by atoms with van der Waals surface area (Å²) in [6, 6.07) is 7.12. The average molecular weight is 377 g/mol. The molecule has 10 heteroatoms. The Bertz CT molecular complexity index is 863. The van der Waals surface area contributed by atoms with E-state index in [-0.39, 0.29) is 22.3 Å². The number of primary sulfonamides is 1. The van der Waals surface area contributed by atoms with E-state index in [2.05, 4.69) is 5.32 Å². The molecule has 0 radical (unpaired) electrons. The van der Waals surface area contributed by atoms with E-state index in [4.69, 9.17) is 10.9 Å². The molecule has 0 aromatic heterocycles. The minimum Gasteiger partial charge on any atom is -0.376 e. The summed E-state index contributed by atoms with van der Waals surface area (Å²) in [5.41, 5.74) is 5.51. The Morgan fingerprint density at radius 2 is 1.81 bits per heavy atom. The van der Waals surface area contributed by atoms with E-state index < -0.39 is 15.9 Å². The standard InChI is InChI=1S/C16H19N5O4S/c17-9-12(10-21-7-5-11(6-8-21)15(18)22)16(23)20-13-1-3-14(4-2-13)26(19,24)25/h1-4,10-11H,5-8H2,(H2,18,22)(H,20,23)(H2,19,24,25)/b12-10-. The van der Waals surface area contributed by atoms with E-state index in [1.54, 1.807) is 4.90 Å². The largest absolute Gasteiger partial charge is 0.376 e. The third-order valence-corrected chi connectivity index (χ3v) is 4.98. The van der Waals surface area contributed by atoms with Gasteiger partial charge in [-0.3, -0.25) is 9.59 Å². The van der Waals surface area contributed by atoms with Gasteiger partial charge in [-0.15, -0.1) is 0 Å². The minimum atomic E-state index is -3.81. The van der Waals surface area contributed by atoms with Crippen LogP contribution in [0.3, 0.4) is 0 Å². The third-order valence-electron chi connectivity index (χ3n) is 4.05. The number of nitrogens with one attached hydrogen (secondary N) is 1. The summed E-state index contributed by atoms with van der Waals surface area (Å²) in [7, 11) is -3.81. The van der Waals surface area contributed by atoms with Gasteiger partial charge < -0.3 is 16.0 Å². The molecule has 1 fully saturated rings. The van der Waals surface area contributed by atoms with Gasteiger partial charge in [0.2, 0.25) is 15.9 Å². The molecule has 9 nitrogen and oxygen atoms in total. The van der Waals surface area contributed by atoms with Crippen molar-refractivity contribution < 1.29 is 18.0 Å². The molecule has 0 unspecified atom stereocenters. The quantitative estimate of drug-likeness (QED) is 0.479. The average Bonchev–Trinajstić information content (AvgIpc) is 2.59. The molecule has 138 valence electrons. The Morgan fingerprint density at radius 3 is 2.27 bits per heavy atom. The van der Waals surface area contributed by atoms with Gasteiger partial charge in [0, 0.05) is 30.9 Å². The van der Waals surface area contributed by atoms with Gasteiger partial charge in [0.05, 0.1) is 4.90 Å². The fourth-order valence-corrected chi connectivity index (χ4v) is 3.08. The van der Waals surface area contributed by atoms with Crippen molar-refractivity contribution in [3.8, 4) is 6.07 Å². The number of likely N-dealkylation sites (tertiary alicyclic amines) is 1.